The molecule has 0 aromatic heterocycles. The molecule has 2 heterocycles. The van der Waals surface area contributed by atoms with Crippen molar-refractivity contribution >= 4 is 5.69 Å². The molecule has 2 aliphatic rings. The van der Waals surface area contributed by atoms with Gasteiger partial charge in [0.15, 0.2) is 11.6 Å². The van der Waals surface area contributed by atoms with Gasteiger partial charge in [-0.05, 0) is 71.4 Å². The van der Waals surface area contributed by atoms with Crippen LogP contribution in [0.25, 0.3) is 0 Å². The number of ether oxygens (including phenoxy) is 1. The fourth-order valence-electron chi connectivity index (χ4n) is 4.01. The monoisotopic (exact) mass is 363 g/mol. The largest absolute Gasteiger partial charge is 0.486 e. The maximum Gasteiger partial charge on any atom is 0.178 e. The number of para-hydroxylation sites is 1. The molecule has 0 bridgehead atoms. The van der Waals surface area contributed by atoms with Gasteiger partial charge < -0.3 is 14.5 Å². The number of benzene rings is 1. The zero-order chi connectivity index (χ0) is 18.4. The maximum absolute atomic E-state index is 14.2. The third-order valence-electron chi connectivity index (χ3n) is 5.41. The Morgan fingerprint density at radius 3 is 2.23 bits per heavy atom. The lowest BCUT2D eigenvalue weighted by Crippen LogP contribution is -2.47. The summed E-state index contributed by atoms with van der Waals surface area (Å²) in [5.41, 5.74) is 0.895. The van der Waals surface area contributed by atoms with E-state index in [1.807, 2.05) is 19.9 Å². The van der Waals surface area contributed by atoms with Crippen LogP contribution in [-0.2, 0) is 0 Å². The minimum absolute atomic E-state index is 0.0262. The van der Waals surface area contributed by atoms with Gasteiger partial charge in [-0.25, -0.2) is 4.39 Å². The number of piperazine rings is 1. The SMILES string of the molecule is CC(C)Oc1c(F)cccc1N1CCN(CCCN2CCCCC2)CC1. The molecular weight excluding hydrogens is 329 g/mol. The van der Waals surface area contributed by atoms with Crippen molar-refractivity contribution in [3.8, 4) is 5.75 Å². The zero-order valence-electron chi connectivity index (χ0n) is 16.4. The van der Waals surface area contributed by atoms with Crippen molar-refractivity contribution in [2.24, 2.45) is 0 Å². The average Bonchev–Trinajstić information content (AvgIpc) is 2.65. The van der Waals surface area contributed by atoms with E-state index in [-0.39, 0.29) is 11.9 Å². The molecule has 1 aromatic rings. The molecule has 0 N–H and O–H groups in total. The predicted molar refractivity (Wildman–Crippen MR) is 106 cm³/mol. The molecular formula is C21H34FN3O. The highest BCUT2D eigenvalue weighted by molar-refractivity contribution is 5.59. The molecule has 146 valence electrons. The van der Waals surface area contributed by atoms with E-state index < -0.39 is 0 Å². The lowest BCUT2D eigenvalue weighted by molar-refractivity contribution is 0.197. The van der Waals surface area contributed by atoms with Crippen LogP contribution < -0.4 is 9.64 Å². The summed E-state index contributed by atoms with van der Waals surface area (Å²) in [5.74, 6) is 0.140. The number of halogens is 1. The molecule has 5 heteroatoms. The van der Waals surface area contributed by atoms with Crippen LogP contribution in [0, 0.1) is 5.82 Å². The Balaban J connectivity index is 1.47. The fourth-order valence-corrected chi connectivity index (χ4v) is 4.01. The van der Waals surface area contributed by atoms with Gasteiger partial charge in [0.2, 0.25) is 0 Å². The van der Waals surface area contributed by atoms with E-state index in [4.69, 9.17) is 4.74 Å². The van der Waals surface area contributed by atoms with Crippen molar-refractivity contribution in [1.29, 1.82) is 0 Å². The molecule has 2 fully saturated rings. The smallest absolute Gasteiger partial charge is 0.178 e. The Morgan fingerprint density at radius 1 is 0.923 bits per heavy atom. The number of hydrogen-bond donors (Lipinski definition) is 0. The van der Waals surface area contributed by atoms with Crippen LogP contribution in [-0.4, -0.2) is 68.3 Å². The summed E-state index contributed by atoms with van der Waals surface area (Å²) in [6.45, 7) is 12.8. The molecule has 3 rings (SSSR count). The van der Waals surface area contributed by atoms with Gasteiger partial charge in [0.25, 0.3) is 0 Å². The van der Waals surface area contributed by atoms with E-state index in [1.54, 1.807) is 6.07 Å². The van der Waals surface area contributed by atoms with Gasteiger partial charge in [0.05, 0.1) is 11.8 Å². The first-order valence-electron chi connectivity index (χ1n) is 10.3. The van der Waals surface area contributed by atoms with Gasteiger partial charge in [-0.1, -0.05) is 12.5 Å². The van der Waals surface area contributed by atoms with E-state index in [9.17, 15) is 4.39 Å². The maximum atomic E-state index is 14.2. The summed E-state index contributed by atoms with van der Waals surface area (Å²) < 4.78 is 20.0. The third-order valence-corrected chi connectivity index (χ3v) is 5.41. The molecule has 0 radical (unpaired) electrons. The van der Waals surface area contributed by atoms with Crippen molar-refractivity contribution in [3.63, 3.8) is 0 Å². The minimum Gasteiger partial charge on any atom is -0.486 e. The van der Waals surface area contributed by atoms with Crippen molar-refractivity contribution in [2.75, 3.05) is 57.3 Å². The second-order valence-corrected chi connectivity index (χ2v) is 7.84. The molecule has 0 saturated carbocycles. The highest BCUT2D eigenvalue weighted by Crippen LogP contribution is 2.32. The van der Waals surface area contributed by atoms with E-state index in [1.165, 1.54) is 57.9 Å². The summed E-state index contributed by atoms with van der Waals surface area (Å²) in [5, 5.41) is 0. The molecule has 0 spiro atoms. The summed E-state index contributed by atoms with van der Waals surface area (Å²) >= 11 is 0. The van der Waals surface area contributed by atoms with Gasteiger partial charge in [0.1, 0.15) is 0 Å². The molecule has 4 nitrogen and oxygen atoms in total. The Hall–Kier alpha value is -1.33. The number of piperidine rings is 1. The first-order valence-corrected chi connectivity index (χ1v) is 10.3. The number of likely N-dealkylation sites (tertiary alicyclic amines) is 1. The molecule has 2 aliphatic heterocycles. The number of anilines is 1. The standard InChI is InChI=1S/C21H34FN3O/c1-18(2)26-21-19(22)8-6-9-20(21)25-16-14-24(15-17-25)13-7-12-23-10-4-3-5-11-23/h6,8-9,18H,3-5,7,10-17H2,1-2H3. The summed E-state index contributed by atoms with van der Waals surface area (Å²) in [4.78, 5) is 7.42. The number of nitrogens with zero attached hydrogens (tertiary/aromatic N) is 3. The Bertz CT molecular complexity index is 552. The van der Waals surface area contributed by atoms with Gasteiger partial charge >= 0.3 is 0 Å². The fraction of sp³-hybridized carbons (Fsp3) is 0.714. The van der Waals surface area contributed by atoms with Crippen LogP contribution >= 0.6 is 0 Å². The van der Waals surface area contributed by atoms with Gasteiger partial charge in [-0.15, -0.1) is 0 Å². The van der Waals surface area contributed by atoms with Gasteiger partial charge in [0, 0.05) is 26.2 Å². The molecule has 26 heavy (non-hydrogen) atoms. The second-order valence-electron chi connectivity index (χ2n) is 7.84. The van der Waals surface area contributed by atoms with Crippen LogP contribution in [0.15, 0.2) is 18.2 Å². The lowest BCUT2D eigenvalue weighted by Gasteiger charge is -2.37. The predicted octanol–water partition coefficient (Wildman–Crippen LogP) is 3.61. The highest BCUT2D eigenvalue weighted by atomic mass is 19.1. The van der Waals surface area contributed by atoms with Crippen LogP contribution in [0.1, 0.15) is 39.5 Å². The minimum atomic E-state index is -0.264. The summed E-state index contributed by atoms with van der Waals surface area (Å²) in [6, 6.07) is 5.24. The van der Waals surface area contributed by atoms with Gasteiger partial charge in [-0.2, -0.15) is 0 Å². The van der Waals surface area contributed by atoms with Crippen molar-refractivity contribution in [3.05, 3.63) is 24.0 Å². The van der Waals surface area contributed by atoms with E-state index in [2.05, 4.69) is 14.7 Å². The van der Waals surface area contributed by atoms with Crippen molar-refractivity contribution < 1.29 is 9.13 Å². The average molecular weight is 364 g/mol. The third kappa shape index (κ3) is 5.34. The molecule has 0 unspecified atom stereocenters. The van der Waals surface area contributed by atoms with Crippen LogP contribution in [0.5, 0.6) is 5.75 Å². The summed E-state index contributed by atoms with van der Waals surface area (Å²) in [7, 11) is 0. The first-order chi connectivity index (χ1) is 12.6. The van der Waals surface area contributed by atoms with E-state index >= 15 is 0 Å². The van der Waals surface area contributed by atoms with E-state index in [0.29, 0.717) is 5.75 Å². The molecule has 0 amide bonds. The molecule has 0 atom stereocenters. The molecule has 2 saturated heterocycles. The molecule has 0 aliphatic carbocycles. The quantitative estimate of drug-likeness (QED) is 0.737. The first kappa shape index (κ1) is 19.4. The Labute approximate surface area is 157 Å². The summed E-state index contributed by atoms with van der Waals surface area (Å²) in [6.07, 6.45) is 5.37. The normalized spacial score (nSPS) is 19.9. The number of hydrogen-bond acceptors (Lipinski definition) is 4. The number of rotatable bonds is 7. The van der Waals surface area contributed by atoms with Crippen LogP contribution in [0.4, 0.5) is 10.1 Å². The van der Waals surface area contributed by atoms with Gasteiger partial charge in [-0.3, -0.25) is 4.90 Å². The lowest BCUT2D eigenvalue weighted by atomic mass is 10.1. The Kier molecular flexibility index (Phi) is 7.15. The van der Waals surface area contributed by atoms with Crippen LogP contribution in [0.2, 0.25) is 0 Å². The second kappa shape index (κ2) is 9.56. The van der Waals surface area contributed by atoms with Crippen molar-refractivity contribution in [1.82, 2.24) is 9.80 Å². The zero-order valence-corrected chi connectivity index (χ0v) is 16.4. The van der Waals surface area contributed by atoms with Crippen molar-refractivity contribution in [2.45, 2.75) is 45.6 Å². The van der Waals surface area contributed by atoms with E-state index in [0.717, 1.165) is 31.9 Å². The Morgan fingerprint density at radius 2 is 1.58 bits per heavy atom. The molecule has 1 aromatic carbocycles. The topological polar surface area (TPSA) is 19.0 Å². The van der Waals surface area contributed by atoms with Crippen LogP contribution in [0.3, 0.4) is 0 Å². The highest BCUT2D eigenvalue weighted by Gasteiger charge is 2.22.